The van der Waals surface area contributed by atoms with Crippen molar-refractivity contribution in [1.29, 1.82) is 0 Å². The number of hydrogen-bond donors (Lipinski definition) is 2. The molecule has 1 amide bonds. The van der Waals surface area contributed by atoms with Crippen LogP contribution in [0.25, 0.3) is 10.2 Å². The Kier molecular flexibility index (Phi) is 3.91. The highest BCUT2D eigenvalue weighted by molar-refractivity contribution is 7.89. The van der Waals surface area contributed by atoms with Crippen molar-refractivity contribution in [3.8, 4) is 5.75 Å². The van der Waals surface area contributed by atoms with E-state index in [4.69, 9.17) is 4.74 Å². The smallest absolute Gasteiger partial charge is 0.262 e. The molecule has 1 aliphatic rings. The molecule has 128 valence electrons. The van der Waals surface area contributed by atoms with Gasteiger partial charge in [0, 0.05) is 6.54 Å². The van der Waals surface area contributed by atoms with E-state index in [2.05, 4.69) is 15.0 Å². The summed E-state index contributed by atoms with van der Waals surface area (Å²) in [5.41, 5.74) is 3.78. The van der Waals surface area contributed by atoms with Crippen LogP contribution in [-0.2, 0) is 21.4 Å². The minimum absolute atomic E-state index is 0.0635. The number of nitrogens with one attached hydrogen (secondary N) is 2. The summed E-state index contributed by atoms with van der Waals surface area (Å²) in [6, 6.07) is 9.97. The molecule has 2 N–H and O–H groups in total. The SMILES string of the molecule is O=C1COc2ccc(S(=O)(=O)NCc3cccc4ncsc34)cc2N1. The predicted molar refractivity (Wildman–Crippen MR) is 94.2 cm³/mol. The molecule has 2 heterocycles. The Hall–Kier alpha value is -2.49. The third kappa shape index (κ3) is 3.09. The van der Waals surface area contributed by atoms with Gasteiger partial charge in [-0.1, -0.05) is 12.1 Å². The third-order valence-electron chi connectivity index (χ3n) is 3.78. The van der Waals surface area contributed by atoms with Gasteiger partial charge in [-0.05, 0) is 29.8 Å². The first kappa shape index (κ1) is 16.0. The normalized spacial score (nSPS) is 14.0. The lowest BCUT2D eigenvalue weighted by molar-refractivity contribution is -0.118. The molecule has 0 aliphatic carbocycles. The molecule has 1 aromatic heterocycles. The molecule has 0 radical (unpaired) electrons. The summed E-state index contributed by atoms with van der Waals surface area (Å²) in [7, 11) is -3.73. The maximum Gasteiger partial charge on any atom is 0.262 e. The lowest BCUT2D eigenvalue weighted by Crippen LogP contribution is -2.27. The number of carbonyl (C=O) groups excluding carboxylic acids is 1. The van der Waals surface area contributed by atoms with E-state index in [1.165, 1.54) is 29.5 Å². The first-order valence-corrected chi connectivity index (χ1v) is 9.77. The second-order valence-electron chi connectivity index (χ2n) is 5.44. The second-order valence-corrected chi connectivity index (χ2v) is 8.06. The first-order valence-electron chi connectivity index (χ1n) is 7.40. The monoisotopic (exact) mass is 375 g/mol. The molecule has 0 saturated carbocycles. The van der Waals surface area contributed by atoms with Crippen LogP contribution in [0.4, 0.5) is 5.69 Å². The number of hydrogen-bond acceptors (Lipinski definition) is 6. The van der Waals surface area contributed by atoms with Gasteiger partial charge in [-0.2, -0.15) is 0 Å². The summed E-state index contributed by atoms with van der Waals surface area (Å²) < 4.78 is 33.9. The quantitative estimate of drug-likeness (QED) is 0.728. The average molecular weight is 375 g/mol. The Labute approximate surface area is 147 Å². The Bertz CT molecular complexity index is 1080. The Balaban J connectivity index is 1.59. The predicted octanol–water partition coefficient (Wildman–Crippen LogP) is 2.11. The van der Waals surface area contributed by atoms with Crippen molar-refractivity contribution in [1.82, 2.24) is 9.71 Å². The van der Waals surface area contributed by atoms with E-state index in [-0.39, 0.29) is 24.0 Å². The van der Waals surface area contributed by atoms with Crippen LogP contribution in [0.2, 0.25) is 0 Å². The number of carbonyl (C=O) groups is 1. The lowest BCUT2D eigenvalue weighted by Gasteiger charge is -2.18. The highest BCUT2D eigenvalue weighted by Gasteiger charge is 2.21. The number of anilines is 1. The van der Waals surface area contributed by atoms with E-state index in [9.17, 15) is 13.2 Å². The van der Waals surface area contributed by atoms with E-state index in [0.717, 1.165) is 15.8 Å². The van der Waals surface area contributed by atoms with Gasteiger partial charge in [-0.25, -0.2) is 18.1 Å². The molecule has 2 aromatic carbocycles. The number of sulfonamides is 1. The average Bonchev–Trinajstić information content (AvgIpc) is 3.08. The Morgan fingerprint density at radius 3 is 3.04 bits per heavy atom. The van der Waals surface area contributed by atoms with Gasteiger partial charge in [-0.3, -0.25) is 4.79 Å². The first-order chi connectivity index (χ1) is 12.0. The van der Waals surface area contributed by atoms with E-state index in [0.29, 0.717) is 11.4 Å². The maximum atomic E-state index is 12.6. The van der Waals surface area contributed by atoms with Crippen molar-refractivity contribution in [2.75, 3.05) is 11.9 Å². The molecular weight excluding hydrogens is 362 g/mol. The minimum Gasteiger partial charge on any atom is -0.482 e. The number of nitrogens with zero attached hydrogens (tertiary/aromatic N) is 1. The largest absolute Gasteiger partial charge is 0.482 e. The lowest BCUT2D eigenvalue weighted by atomic mass is 10.2. The summed E-state index contributed by atoms with van der Waals surface area (Å²) >= 11 is 1.47. The molecule has 4 rings (SSSR count). The number of thiazole rings is 1. The molecule has 0 spiro atoms. The topological polar surface area (TPSA) is 97.4 Å². The fourth-order valence-corrected chi connectivity index (χ4v) is 4.41. The molecule has 3 aromatic rings. The fraction of sp³-hybridized carbons (Fsp3) is 0.125. The van der Waals surface area contributed by atoms with Gasteiger partial charge in [0.05, 0.1) is 26.3 Å². The number of amides is 1. The molecular formula is C16H13N3O4S2. The number of benzene rings is 2. The van der Waals surface area contributed by atoms with Crippen molar-refractivity contribution in [2.24, 2.45) is 0 Å². The number of ether oxygens (including phenoxy) is 1. The number of aromatic nitrogens is 1. The van der Waals surface area contributed by atoms with Crippen molar-refractivity contribution in [3.63, 3.8) is 0 Å². The minimum atomic E-state index is -3.73. The van der Waals surface area contributed by atoms with Crippen molar-refractivity contribution >= 4 is 43.2 Å². The highest BCUT2D eigenvalue weighted by atomic mass is 32.2. The number of rotatable bonds is 4. The van der Waals surface area contributed by atoms with Gasteiger partial charge >= 0.3 is 0 Å². The molecule has 0 atom stereocenters. The molecule has 25 heavy (non-hydrogen) atoms. The summed E-state index contributed by atoms with van der Waals surface area (Å²) in [6.45, 7) is 0.0814. The van der Waals surface area contributed by atoms with Crippen LogP contribution in [0.1, 0.15) is 5.56 Å². The van der Waals surface area contributed by atoms with Crippen molar-refractivity contribution in [2.45, 2.75) is 11.4 Å². The van der Waals surface area contributed by atoms with Crippen LogP contribution in [-0.4, -0.2) is 25.9 Å². The molecule has 0 bridgehead atoms. The third-order valence-corrected chi connectivity index (χ3v) is 6.10. The van der Waals surface area contributed by atoms with E-state index >= 15 is 0 Å². The van der Waals surface area contributed by atoms with Gasteiger partial charge in [0.1, 0.15) is 5.75 Å². The molecule has 9 heteroatoms. The summed E-state index contributed by atoms with van der Waals surface area (Å²) in [5, 5.41) is 2.60. The zero-order valence-corrected chi connectivity index (χ0v) is 14.5. The molecule has 7 nitrogen and oxygen atoms in total. The zero-order valence-electron chi connectivity index (χ0n) is 12.9. The van der Waals surface area contributed by atoms with Crippen LogP contribution < -0.4 is 14.8 Å². The van der Waals surface area contributed by atoms with Gasteiger partial charge < -0.3 is 10.1 Å². The van der Waals surface area contributed by atoms with Gasteiger partial charge in [-0.15, -0.1) is 11.3 Å². The van der Waals surface area contributed by atoms with Crippen LogP contribution >= 0.6 is 11.3 Å². The molecule has 0 fully saturated rings. The summed E-state index contributed by atoms with van der Waals surface area (Å²) in [4.78, 5) is 15.7. The van der Waals surface area contributed by atoms with Crippen LogP contribution in [0, 0.1) is 0 Å². The zero-order chi connectivity index (χ0) is 17.4. The molecule has 0 unspecified atom stereocenters. The van der Waals surface area contributed by atoms with E-state index in [1.807, 2.05) is 18.2 Å². The van der Waals surface area contributed by atoms with E-state index in [1.54, 1.807) is 5.51 Å². The van der Waals surface area contributed by atoms with Crippen molar-refractivity contribution < 1.29 is 17.9 Å². The Morgan fingerprint density at radius 1 is 1.28 bits per heavy atom. The van der Waals surface area contributed by atoms with Gasteiger partial charge in [0.15, 0.2) is 6.61 Å². The second kappa shape index (κ2) is 6.10. The summed E-state index contributed by atoms with van der Waals surface area (Å²) in [6.07, 6.45) is 0. The van der Waals surface area contributed by atoms with Crippen molar-refractivity contribution in [3.05, 3.63) is 47.5 Å². The van der Waals surface area contributed by atoms with Gasteiger partial charge in [0.25, 0.3) is 5.91 Å². The van der Waals surface area contributed by atoms with Crippen LogP contribution in [0.5, 0.6) is 5.75 Å². The van der Waals surface area contributed by atoms with E-state index < -0.39 is 10.0 Å². The standard InChI is InChI=1S/C16H13N3O4S2/c20-15-8-23-14-5-4-11(6-13(14)19-15)25(21,22)18-7-10-2-1-3-12-16(10)24-9-17-12/h1-6,9,18H,7-8H2,(H,19,20). The molecule has 0 saturated heterocycles. The summed E-state index contributed by atoms with van der Waals surface area (Å²) in [5.74, 6) is 0.139. The number of fused-ring (bicyclic) bond motifs is 2. The van der Waals surface area contributed by atoms with Crippen LogP contribution in [0.15, 0.2) is 46.8 Å². The molecule has 1 aliphatic heterocycles. The Morgan fingerprint density at radius 2 is 2.16 bits per heavy atom. The highest BCUT2D eigenvalue weighted by Crippen LogP contribution is 2.30. The maximum absolute atomic E-state index is 12.6. The van der Waals surface area contributed by atoms with Gasteiger partial charge in [0.2, 0.25) is 10.0 Å². The van der Waals surface area contributed by atoms with Crippen LogP contribution in [0.3, 0.4) is 0 Å². The fourth-order valence-electron chi connectivity index (χ4n) is 2.57.